The minimum atomic E-state index is -1.48. The van der Waals surface area contributed by atoms with Crippen molar-refractivity contribution < 1.29 is 24.1 Å². The van der Waals surface area contributed by atoms with E-state index < -0.39 is 23.8 Å². The number of hydrogen-bond donors (Lipinski definition) is 2. The van der Waals surface area contributed by atoms with Crippen molar-refractivity contribution in [1.29, 1.82) is 0 Å². The number of aliphatic carboxylic acids is 1. The van der Waals surface area contributed by atoms with E-state index in [1.807, 2.05) is 0 Å². The minimum Gasteiger partial charge on any atom is -0.493 e. The van der Waals surface area contributed by atoms with Crippen LogP contribution >= 0.6 is 0 Å². The van der Waals surface area contributed by atoms with Crippen LogP contribution in [0.2, 0.25) is 0 Å². The van der Waals surface area contributed by atoms with Crippen LogP contribution in [0.15, 0.2) is 18.2 Å². The molecule has 16 heavy (non-hydrogen) atoms. The van der Waals surface area contributed by atoms with Crippen LogP contribution in [0.1, 0.15) is 17.9 Å². The molecular formula is C11H11FO4. The molecule has 1 aliphatic rings. The Morgan fingerprint density at radius 1 is 1.56 bits per heavy atom. The molecule has 5 heteroatoms. The maximum absolute atomic E-state index is 12.9. The summed E-state index contributed by atoms with van der Waals surface area (Å²) in [6, 6.07) is 3.89. The number of rotatable bonds is 2. The lowest BCUT2D eigenvalue weighted by atomic mass is 9.88. The van der Waals surface area contributed by atoms with Gasteiger partial charge in [-0.25, -0.2) is 9.18 Å². The standard InChI is InChI=1S/C11H11FO4/c12-6-1-2-7-8(10(13)11(14)15)3-4-16-9(7)5-6/h1-2,5,8,10,13H,3-4H2,(H,14,15). The number of ether oxygens (including phenoxy) is 1. The van der Waals surface area contributed by atoms with Crippen LogP contribution in [0.3, 0.4) is 0 Å². The van der Waals surface area contributed by atoms with Gasteiger partial charge >= 0.3 is 5.97 Å². The lowest BCUT2D eigenvalue weighted by Gasteiger charge is -2.27. The van der Waals surface area contributed by atoms with Crippen LogP contribution in [0.25, 0.3) is 0 Å². The first kappa shape index (κ1) is 10.9. The summed E-state index contributed by atoms with van der Waals surface area (Å²) in [6.45, 7) is 0.283. The van der Waals surface area contributed by atoms with Gasteiger partial charge in [0, 0.05) is 17.5 Å². The number of aliphatic hydroxyl groups is 1. The molecule has 1 aliphatic heterocycles. The molecule has 1 heterocycles. The fraction of sp³-hybridized carbons (Fsp3) is 0.364. The molecule has 0 fully saturated rings. The van der Waals surface area contributed by atoms with E-state index in [0.717, 1.165) is 0 Å². The van der Waals surface area contributed by atoms with Crippen LogP contribution in [-0.2, 0) is 4.79 Å². The largest absolute Gasteiger partial charge is 0.493 e. The Morgan fingerprint density at radius 3 is 3.00 bits per heavy atom. The van der Waals surface area contributed by atoms with Gasteiger partial charge in [0.25, 0.3) is 0 Å². The molecule has 2 rings (SSSR count). The zero-order chi connectivity index (χ0) is 11.7. The van der Waals surface area contributed by atoms with E-state index in [1.165, 1.54) is 18.2 Å². The van der Waals surface area contributed by atoms with Gasteiger partial charge in [-0.1, -0.05) is 6.07 Å². The quantitative estimate of drug-likeness (QED) is 0.793. The van der Waals surface area contributed by atoms with E-state index in [1.54, 1.807) is 0 Å². The number of aliphatic hydroxyl groups excluding tert-OH is 1. The highest BCUT2D eigenvalue weighted by Gasteiger charge is 2.32. The van der Waals surface area contributed by atoms with Gasteiger partial charge in [-0.05, 0) is 12.5 Å². The van der Waals surface area contributed by atoms with Gasteiger partial charge < -0.3 is 14.9 Å². The second-order valence-corrected chi connectivity index (χ2v) is 3.71. The van der Waals surface area contributed by atoms with E-state index >= 15 is 0 Å². The predicted octanol–water partition coefficient (Wildman–Crippen LogP) is 1.14. The molecule has 0 amide bonds. The lowest BCUT2D eigenvalue weighted by molar-refractivity contribution is -0.148. The number of carboxylic acids is 1. The smallest absolute Gasteiger partial charge is 0.333 e. The third-order valence-electron chi connectivity index (χ3n) is 2.70. The first-order valence-electron chi connectivity index (χ1n) is 4.92. The first-order valence-corrected chi connectivity index (χ1v) is 4.92. The SMILES string of the molecule is O=C(O)C(O)C1CCOc2cc(F)ccc21. The number of hydrogen-bond acceptors (Lipinski definition) is 3. The highest BCUT2D eigenvalue weighted by atomic mass is 19.1. The Hall–Kier alpha value is -1.62. The van der Waals surface area contributed by atoms with Gasteiger partial charge in [0.05, 0.1) is 6.61 Å². The summed E-state index contributed by atoms with van der Waals surface area (Å²) in [7, 11) is 0. The maximum Gasteiger partial charge on any atom is 0.333 e. The Morgan fingerprint density at radius 2 is 2.31 bits per heavy atom. The van der Waals surface area contributed by atoms with Crippen molar-refractivity contribution in [3.8, 4) is 5.75 Å². The van der Waals surface area contributed by atoms with Crippen LogP contribution < -0.4 is 4.74 Å². The second kappa shape index (κ2) is 4.09. The second-order valence-electron chi connectivity index (χ2n) is 3.71. The fourth-order valence-electron chi connectivity index (χ4n) is 1.89. The third kappa shape index (κ3) is 1.86. The Balaban J connectivity index is 2.36. The number of halogens is 1. The zero-order valence-electron chi connectivity index (χ0n) is 8.39. The number of benzene rings is 1. The summed E-state index contributed by atoms with van der Waals surface area (Å²) in [4.78, 5) is 10.7. The molecule has 86 valence electrons. The van der Waals surface area contributed by atoms with Gasteiger partial charge in [0.1, 0.15) is 11.6 Å². The van der Waals surface area contributed by atoms with E-state index in [-0.39, 0.29) is 6.61 Å². The fourth-order valence-corrected chi connectivity index (χ4v) is 1.89. The average molecular weight is 226 g/mol. The maximum atomic E-state index is 12.9. The molecule has 1 aromatic rings. The van der Waals surface area contributed by atoms with E-state index in [2.05, 4.69) is 0 Å². The summed E-state index contributed by atoms with van der Waals surface area (Å²) >= 11 is 0. The van der Waals surface area contributed by atoms with Crippen LogP contribution in [0, 0.1) is 5.82 Å². The van der Waals surface area contributed by atoms with E-state index in [9.17, 15) is 14.3 Å². The summed E-state index contributed by atoms with van der Waals surface area (Å²) < 4.78 is 18.1. The molecule has 2 atom stereocenters. The number of carbonyl (C=O) groups is 1. The molecule has 0 spiro atoms. The topological polar surface area (TPSA) is 66.8 Å². The van der Waals surface area contributed by atoms with Crippen LogP contribution in [0.5, 0.6) is 5.75 Å². The van der Waals surface area contributed by atoms with Gasteiger partial charge in [-0.15, -0.1) is 0 Å². The zero-order valence-corrected chi connectivity index (χ0v) is 8.39. The van der Waals surface area contributed by atoms with Gasteiger partial charge in [0.2, 0.25) is 0 Å². The predicted molar refractivity (Wildman–Crippen MR) is 52.9 cm³/mol. The summed E-state index contributed by atoms with van der Waals surface area (Å²) in [5, 5.41) is 18.3. The van der Waals surface area contributed by atoms with E-state index in [0.29, 0.717) is 17.7 Å². The average Bonchev–Trinajstić information content (AvgIpc) is 2.26. The molecule has 0 aromatic heterocycles. The Labute approximate surface area is 91.3 Å². The molecule has 1 aromatic carbocycles. The van der Waals surface area contributed by atoms with Crippen molar-refractivity contribution in [2.75, 3.05) is 6.61 Å². The summed E-state index contributed by atoms with van der Waals surface area (Å²) in [5.41, 5.74) is 0.544. The number of carboxylic acid groups (broad SMARTS) is 1. The van der Waals surface area contributed by atoms with Gasteiger partial charge in [0.15, 0.2) is 6.10 Å². The van der Waals surface area contributed by atoms with Crippen molar-refractivity contribution >= 4 is 5.97 Å². The molecule has 0 bridgehead atoms. The molecule has 2 N–H and O–H groups in total. The van der Waals surface area contributed by atoms with Gasteiger partial charge in [-0.2, -0.15) is 0 Å². The normalized spacial score (nSPS) is 20.8. The van der Waals surface area contributed by atoms with Crippen molar-refractivity contribution in [3.63, 3.8) is 0 Å². The van der Waals surface area contributed by atoms with Crippen LogP contribution in [0.4, 0.5) is 4.39 Å². The van der Waals surface area contributed by atoms with Crippen molar-refractivity contribution in [3.05, 3.63) is 29.6 Å². The summed E-state index contributed by atoms with van der Waals surface area (Å²) in [6.07, 6.45) is -1.07. The minimum absolute atomic E-state index is 0.283. The van der Waals surface area contributed by atoms with E-state index in [4.69, 9.17) is 9.84 Å². The molecule has 0 radical (unpaired) electrons. The molecule has 0 saturated carbocycles. The monoisotopic (exact) mass is 226 g/mol. The third-order valence-corrected chi connectivity index (χ3v) is 2.70. The lowest BCUT2D eigenvalue weighted by Crippen LogP contribution is -2.31. The van der Waals surface area contributed by atoms with Crippen LogP contribution in [-0.4, -0.2) is 28.9 Å². The highest BCUT2D eigenvalue weighted by Crippen LogP contribution is 2.36. The van der Waals surface area contributed by atoms with Crippen molar-refractivity contribution in [2.45, 2.75) is 18.4 Å². The first-order chi connectivity index (χ1) is 7.59. The molecule has 2 unspecified atom stereocenters. The Bertz CT molecular complexity index is 418. The number of fused-ring (bicyclic) bond motifs is 1. The molecule has 0 saturated heterocycles. The summed E-state index contributed by atoms with van der Waals surface area (Å²) in [5.74, 6) is -1.94. The Kier molecular flexibility index (Phi) is 2.78. The van der Waals surface area contributed by atoms with Crippen molar-refractivity contribution in [1.82, 2.24) is 0 Å². The molecule has 0 aliphatic carbocycles. The van der Waals surface area contributed by atoms with Gasteiger partial charge in [-0.3, -0.25) is 0 Å². The highest BCUT2D eigenvalue weighted by molar-refractivity contribution is 5.73. The van der Waals surface area contributed by atoms with Crippen molar-refractivity contribution in [2.24, 2.45) is 0 Å². The molecular weight excluding hydrogens is 215 g/mol. The molecule has 4 nitrogen and oxygen atoms in total.